The normalized spacial score (nSPS) is 11.0. The van der Waals surface area contributed by atoms with Gasteiger partial charge in [0.1, 0.15) is 8.07 Å². The number of benzene rings is 1. The summed E-state index contributed by atoms with van der Waals surface area (Å²) in [6.45, 7) is 9.13. The zero-order valence-electron chi connectivity index (χ0n) is 12.6. The van der Waals surface area contributed by atoms with Crippen LogP contribution in [0.5, 0.6) is 0 Å². The highest BCUT2D eigenvalue weighted by Gasteiger charge is 2.07. The van der Waals surface area contributed by atoms with E-state index in [9.17, 15) is 0 Å². The molecular formula is C17H25ISi. The highest BCUT2D eigenvalue weighted by Crippen LogP contribution is 2.17. The Labute approximate surface area is 133 Å². The molecule has 1 aromatic rings. The van der Waals surface area contributed by atoms with Gasteiger partial charge in [-0.15, -0.1) is 5.54 Å². The van der Waals surface area contributed by atoms with Crippen LogP contribution in [0.2, 0.25) is 19.6 Å². The van der Waals surface area contributed by atoms with Gasteiger partial charge in [0.15, 0.2) is 0 Å². The number of halogens is 1. The van der Waals surface area contributed by atoms with Crippen LogP contribution < -0.4 is 0 Å². The molecule has 104 valence electrons. The molecule has 0 aliphatic heterocycles. The standard InChI is InChI=1S/C17H25ISi/c1-5-6-7-8-9-16-14-15(10-11-17(16)18)12-13-19(2,3)4/h10-11,14H,5-9H2,1-4H3. The van der Waals surface area contributed by atoms with Crippen LogP contribution in [0, 0.1) is 15.0 Å². The van der Waals surface area contributed by atoms with Crippen molar-refractivity contribution in [1.82, 2.24) is 0 Å². The van der Waals surface area contributed by atoms with Gasteiger partial charge in [-0.05, 0) is 59.2 Å². The van der Waals surface area contributed by atoms with Crippen molar-refractivity contribution in [2.24, 2.45) is 0 Å². The van der Waals surface area contributed by atoms with Crippen molar-refractivity contribution >= 4 is 30.7 Å². The van der Waals surface area contributed by atoms with Crippen LogP contribution in [0.3, 0.4) is 0 Å². The summed E-state index contributed by atoms with van der Waals surface area (Å²) in [6, 6.07) is 6.66. The first-order valence-electron chi connectivity index (χ1n) is 7.24. The second-order valence-corrected chi connectivity index (χ2v) is 12.0. The Morgan fingerprint density at radius 1 is 1.11 bits per heavy atom. The van der Waals surface area contributed by atoms with E-state index >= 15 is 0 Å². The van der Waals surface area contributed by atoms with Gasteiger partial charge in [-0.3, -0.25) is 0 Å². The lowest BCUT2D eigenvalue weighted by molar-refractivity contribution is 0.666. The summed E-state index contributed by atoms with van der Waals surface area (Å²) in [4.78, 5) is 0. The van der Waals surface area contributed by atoms with Crippen molar-refractivity contribution in [3.8, 4) is 11.5 Å². The number of hydrogen-bond donors (Lipinski definition) is 0. The minimum absolute atomic E-state index is 1.19. The molecule has 0 spiro atoms. The van der Waals surface area contributed by atoms with Gasteiger partial charge in [0.05, 0.1) is 0 Å². The number of unbranched alkanes of at least 4 members (excludes halogenated alkanes) is 3. The van der Waals surface area contributed by atoms with Gasteiger partial charge in [-0.1, -0.05) is 51.7 Å². The third kappa shape index (κ3) is 7.17. The van der Waals surface area contributed by atoms with Crippen LogP contribution in [0.1, 0.15) is 43.7 Å². The summed E-state index contributed by atoms with van der Waals surface area (Å²) < 4.78 is 1.38. The predicted molar refractivity (Wildman–Crippen MR) is 97.2 cm³/mol. The molecule has 0 radical (unpaired) electrons. The van der Waals surface area contributed by atoms with Gasteiger partial charge >= 0.3 is 0 Å². The first kappa shape index (κ1) is 16.8. The summed E-state index contributed by atoms with van der Waals surface area (Å²) in [6.07, 6.45) is 6.50. The van der Waals surface area contributed by atoms with Gasteiger partial charge in [0.25, 0.3) is 0 Å². The molecule has 1 rings (SSSR count). The van der Waals surface area contributed by atoms with Crippen LogP contribution in [0.25, 0.3) is 0 Å². The molecule has 0 saturated carbocycles. The molecule has 0 heterocycles. The van der Waals surface area contributed by atoms with Crippen molar-refractivity contribution in [3.63, 3.8) is 0 Å². The predicted octanol–water partition coefficient (Wildman–Crippen LogP) is 5.64. The molecule has 0 aromatic heterocycles. The average Bonchev–Trinajstić information content (AvgIpc) is 2.34. The Bertz CT molecular complexity index is 460. The van der Waals surface area contributed by atoms with Crippen molar-refractivity contribution in [3.05, 3.63) is 32.9 Å². The van der Waals surface area contributed by atoms with Gasteiger partial charge in [-0.25, -0.2) is 0 Å². The summed E-state index contributed by atoms with van der Waals surface area (Å²) in [5.74, 6) is 3.36. The van der Waals surface area contributed by atoms with Crippen LogP contribution >= 0.6 is 22.6 Å². The zero-order valence-corrected chi connectivity index (χ0v) is 15.8. The van der Waals surface area contributed by atoms with E-state index in [1.54, 1.807) is 0 Å². The Morgan fingerprint density at radius 3 is 2.47 bits per heavy atom. The Morgan fingerprint density at radius 2 is 1.84 bits per heavy atom. The highest BCUT2D eigenvalue weighted by molar-refractivity contribution is 14.1. The highest BCUT2D eigenvalue weighted by atomic mass is 127. The van der Waals surface area contributed by atoms with Crippen LogP contribution in [-0.2, 0) is 6.42 Å². The van der Waals surface area contributed by atoms with Gasteiger partial charge in [0.2, 0.25) is 0 Å². The van der Waals surface area contributed by atoms with E-state index in [2.05, 4.69) is 78.8 Å². The van der Waals surface area contributed by atoms with Crippen molar-refractivity contribution in [1.29, 1.82) is 0 Å². The third-order valence-electron chi connectivity index (χ3n) is 2.93. The Hall–Kier alpha value is -0.273. The lowest BCUT2D eigenvalue weighted by atomic mass is 10.0. The molecule has 19 heavy (non-hydrogen) atoms. The van der Waals surface area contributed by atoms with Gasteiger partial charge in [0, 0.05) is 9.13 Å². The fourth-order valence-corrected chi connectivity index (χ4v) is 2.97. The van der Waals surface area contributed by atoms with Crippen molar-refractivity contribution in [2.45, 2.75) is 58.7 Å². The fourth-order valence-electron chi connectivity index (χ4n) is 1.85. The molecule has 0 N–H and O–H groups in total. The zero-order chi connectivity index (χ0) is 14.3. The van der Waals surface area contributed by atoms with Crippen LogP contribution in [-0.4, -0.2) is 8.07 Å². The molecule has 1 aromatic carbocycles. The summed E-state index contributed by atoms with van der Waals surface area (Å²) in [5, 5.41) is 0. The maximum Gasteiger partial charge on any atom is 0.129 e. The minimum Gasteiger partial charge on any atom is -0.127 e. The molecule has 0 nitrogen and oxygen atoms in total. The molecule has 0 aliphatic rings. The summed E-state index contributed by atoms with van der Waals surface area (Å²) >= 11 is 2.44. The fraction of sp³-hybridized carbons (Fsp3) is 0.529. The Kier molecular flexibility index (Phi) is 7.16. The second kappa shape index (κ2) is 8.11. The number of hydrogen-bond acceptors (Lipinski definition) is 0. The Balaban J connectivity index is 2.73. The maximum atomic E-state index is 3.45. The minimum atomic E-state index is -1.27. The van der Waals surface area contributed by atoms with E-state index in [0.29, 0.717) is 0 Å². The smallest absolute Gasteiger partial charge is 0.127 e. The lowest BCUT2D eigenvalue weighted by Gasteiger charge is -2.06. The molecule has 0 amide bonds. The molecule has 0 saturated heterocycles. The number of rotatable bonds is 5. The molecular weight excluding hydrogens is 359 g/mol. The topological polar surface area (TPSA) is 0 Å². The van der Waals surface area contributed by atoms with Gasteiger partial charge in [-0.2, -0.15) is 0 Å². The second-order valence-electron chi connectivity index (χ2n) is 6.12. The average molecular weight is 384 g/mol. The SMILES string of the molecule is CCCCCCc1cc(C#C[Si](C)(C)C)ccc1I. The van der Waals surface area contributed by atoms with Crippen molar-refractivity contribution < 1.29 is 0 Å². The summed E-state index contributed by atoms with van der Waals surface area (Å²) in [5.41, 5.74) is 6.11. The molecule has 0 bridgehead atoms. The van der Waals surface area contributed by atoms with E-state index in [4.69, 9.17) is 0 Å². The van der Waals surface area contributed by atoms with E-state index in [0.717, 1.165) is 0 Å². The quantitative estimate of drug-likeness (QED) is 0.267. The molecule has 0 aliphatic carbocycles. The molecule has 0 unspecified atom stereocenters. The monoisotopic (exact) mass is 384 g/mol. The summed E-state index contributed by atoms with van der Waals surface area (Å²) in [7, 11) is -1.27. The van der Waals surface area contributed by atoms with E-state index in [-0.39, 0.29) is 0 Å². The first-order valence-corrected chi connectivity index (χ1v) is 11.8. The third-order valence-corrected chi connectivity index (χ3v) is 4.85. The largest absolute Gasteiger partial charge is 0.129 e. The van der Waals surface area contributed by atoms with E-state index in [1.807, 2.05) is 0 Å². The van der Waals surface area contributed by atoms with Crippen LogP contribution in [0.4, 0.5) is 0 Å². The van der Waals surface area contributed by atoms with E-state index < -0.39 is 8.07 Å². The van der Waals surface area contributed by atoms with E-state index in [1.165, 1.54) is 46.8 Å². The molecule has 0 fully saturated rings. The number of aryl methyl sites for hydroxylation is 1. The molecule has 0 atom stereocenters. The van der Waals surface area contributed by atoms with Crippen LogP contribution in [0.15, 0.2) is 18.2 Å². The van der Waals surface area contributed by atoms with Crippen molar-refractivity contribution in [2.75, 3.05) is 0 Å². The lowest BCUT2D eigenvalue weighted by Crippen LogP contribution is -2.16. The maximum absolute atomic E-state index is 3.45. The van der Waals surface area contributed by atoms with Gasteiger partial charge < -0.3 is 0 Å². The molecule has 2 heteroatoms. The first-order chi connectivity index (χ1) is 8.92.